The molecule has 0 radical (unpaired) electrons. The van der Waals surface area contributed by atoms with Crippen molar-refractivity contribution in [1.29, 1.82) is 5.26 Å². The van der Waals surface area contributed by atoms with Crippen LogP contribution in [0.15, 0.2) is 48.5 Å². The number of aryl methyl sites for hydroxylation is 1. The molecule has 0 aliphatic rings. The molecule has 5 heteroatoms. The van der Waals surface area contributed by atoms with Gasteiger partial charge in [-0.15, -0.1) is 0 Å². The third kappa shape index (κ3) is 5.89. The van der Waals surface area contributed by atoms with Crippen LogP contribution in [0.1, 0.15) is 23.6 Å². The predicted octanol–water partition coefficient (Wildman–Crippen LogP) is 3.83. The SMILES string of the molecule is CCc1ccc(CN(C)C(=O)/C=C/c2ccc(OCC#N)c(OC)c2)cc1. The van der Waals surface area contributed by atoms with Crippen LogP contribution in [0.3, 0.4) is 0 Å². The minimum absolute atomic E-state index is 0.0476. The summed E-state index contributed by atoms with van der Waals surface area (Å²) in [7, 11) is 3.31. The van der Waals surface area contributed by atoms with Crippen LogP contribution >= 0.6 is 0 Å². The summed E-state index contributed by atoms with van der Waals surface area (Å²) in [4.78, 5) is 14.0. The monoisotopic (exact) mass is 364 g/mol. The lowest BCUT2D eigenvalue weighted by Crippen LogP contribution is -2.24. The average molecular weight is 364 g/mol. The molecule has 0 saturated heterocycles. The van der Waals surface area contributed by atoms with E-state index in [1.807, 2.05) is 12.1 Å². The van der Waals surface area contributed by atoms with Crippen molar-refractivity contribution in [3.63, 3.8) is 0 Å². The van der Waals surface area contributed by atoms with Crippen molar-refractivity contribution >= 4 is 12.0 Å². The second kappa shape index (κ2) is 10.0. The molecule has 0 fully saturated rings. The van der Waals surface area contributed by atoms with Crippen LogP contribution in [0.4, 0.5) is 0 Å². The van der Waals surface area contributed by atoms with Gasteiger partial charge in [-0.05, 0) is 41.3 Å². The van der Waals surface area contributed by atoms with Crippen molar-refractivity contribution in [2.75, 3.05) is 20.8 Å². The number of methoxy groups -OCH3 is 1. The first-order valence-corrected chi connectivity index (χ1v) is 8.76. The number of carbonyl (C=O) groups is 1. The number of amides is 1. The van der Waals surface area contributed by atoms with Gasteiger partial charge in [-0.3, -0.25) is 4.79 Å². The normalized spacial score (nSPS) is 10.4. The molecule has 0 heterocycles. The first kappa shape index (κ1) is 20.1. The Balaban J connectivity index is 2.01. The highest BCUT2D eigenvalue weighted by Gasteiger charge is 2.07. The first-order valence-electron chi connectivity index (χ1n) is 8.76. The number of rotatable bonds is 8. The smallest absolute Gasteiger partial charge is 0.246 e. The van der Waals surface area contributed by atoms with Crippen LogP contribution in [0.25, 0.3) is 6.08 Å². The fraction of sp³-hybridized carbons (Fsp3) is 0.273. The molecule has 0 aliphatic carbocycles. The molecule has 0 atom stereocenters. The zero-order valence-electron chi connectivity index (χ0n) is 15.9. The highest BCUT2D eigenvalue weighted by molar-refractivity contribution is 5.91. The molecule has 27 heavy (non-hydrogen) atoms. The molecular formula is C22H24N2O3. The molecule has 0 N–H and O–H groups in total. The van der Waals surface area contributed by atoms with E-state index in [2.05, 4.69) is 31.2 Å². The van der Waals surface area contributed by atoms with Gasteiger partial charge in [0.25, 0.3) is 0 Å². The number of hydrogen-bond acceptors (Lipinski definition) is 4. The lowest BCUT2D eigenvalue weighted by Gasteiger charge is -2.15. The number of nitrogens with zero attached hydrogens (tertiary/aromatic N) is 2. The van der Waals surface area contributed by atoms with E-state index >= 15 is 0 Å². The van der Waals surface area contributed by atoms with E-state index < -0.39 is 0 Å². The van der Waals surface area contributed by atoms with Gasteiger partial charge < -0.3 is 14.4 Å². The van der Waals surface area contributed by atoms with Gasteiger partial charge in [0.2, 0.25) is 5.91 Å². The minimum Gasteiger partial charge on any atom is -0.493 e. The van der Waals surface area contributed by atoms with Crippen molar-refractivity contribution in [2.45, 2.75) is 19.9 Å². The molecule has 5 nitrogen and oxygen atoms in total. The molecule has 0 bridgehead atoms. The van der Waals surface area contributed by atoms with Crippen LogP contribution in [-0.2, 0) is 17.8 Å². The molecule has 2 aromatic rings. The van der Waals surface area contributed by atoms with Gasteiger partial charge >= 0.3 is 0 Å². The molecule has 0 unspecified atom stereocenters. The minimum atomic E-state index is -0.0849. The van der Waals surface area contributed by atoms with Gasteiger partial charge in [0.05, 0.1) is 7.11 Å². The van der Waals surface area contributed by atoms with Crippen LogP contribution in [0.2, 0.25) is 0 Å². The lowest BCUT2D eigenvalue weighted by atomic mass is 10.1. The maximum Gasteiger partial charge on any atom is 0.246 e. The third-order valence-corrected chi connectivity index (χ3v) is 4.13. The van der Waals surface area contributed by atoms with Gasteiger partial charge in [0.1, 0.15) is 6.07 Å². The van der Waals surface area contributed by atoms with E-state index in [4.69, 9.17) is 14.7 Å². The third-order valence-electron chi connectivity index (χ3n) is 4.13. The molecule has 2 aromatic carbocycles. The Morgan fingerprint density at radius 2 is 1.85 bits per heavy atom. The average Bonchev–Trinajstić information content (AvgIpc) is 2.71. The standard InChI is InChI=1S/C22H24N2O3/c1-4-17-5-7-19(8-6-17)16-24(2)22(25)12-10-18-9-11-20(27-14-13-23)21(15-18)26-3/h5-12,15H,4,14,16H2,1-3H3/b12-10+. The maximum absolute atomic E-state index is 12.4. The topological polar surface area (TPSA) is 62.6 Å². The van der Waals surface area contributed by atoms with E-state index in [0.717, 1.165) is 17.5 Å². The zero-order valence-corrected chi connectivity index (χ0v) is 15.9. The molecular weight excluding hydrogens is 340 g/mol. The molecule has 1 amide bonds. The van der Waals surface area contributed by atoms with E-state index in [9.17, 15) is 4.79 Å². The quantitative estimate of drug-likeness (QED) is 0.668. The fourth-order valence-electron chi connectivity index (χ4n) is 2.54. The van der Waals surface area contributed by atoms with Gasteiger partial charge in [0, 0.05) is 19.7 Å². The second-order valence-corrected chi connectivity index (χ2v) is 6.05. The largest absolute Gasteiger partial charge is 0.493 e. The van der Waals surface area contributed by atoms with Gasteiger partial charge in [-0.25, -0.2) is 0 Å². The molecule has 0 spiro atoms. The van der Waals surface area contributed by atoms with Crippen molar-refractivity contribution in [3.8, 4) is 17.6 Å². The van der Waals surface area contributed by atoms with Gasteiger partial charge in [0.15, 0.2) is 18.1 Å². The second-order valence-electron chi connectivity index (χ2n) is 6.05. The maximum atomic E-state index is 12.4. The summed E-state index contributed by atoms with van der Waals surface area (Å²) in [6.45, 7) is 2.62. The summed E-state index contributed by atoms with van der Waals surface area (Å²) in [5.41, 5.74) is 3.19. The molecule has 140 valence electrons. The predicted molar refractivity (Wildman–Crippen MR) is 105 cm³/mol. The Labute approximate surface area is 160 Å². The Hall–Kier alpha value is -3.26. The summed E-state index contributed by atoms with van der Waals surface area (Å²) in [5.74, 6) is 0.928. The Kier molecular flexibility index (Phi) is 7.45. The van der Waals surface area contributed by atoms with Crippen molar-refractivity contribution in [3.05, 3.63) is 65.2 Å². The molecule has 0 aliphatic heterocycles. The van der Waals surface area contributed by atoms with Crippen molar-refractivity contribution < 1.29 is 14.3 Å². The number of hydrogen-bond donors (Lipinski definition) is 0. The zero-order chi connectivity index (χ0) is 19.6. The molecule has 0 aromatic heterocycles. The van der Waals surface area contributed by atoms with Crippen molar-refractivity contribution in [1.82, 2.24) is 4.90 Å². The van der Waals surface area contributed by atoms with E-state index in [0.29, 0.717) is 18.0 Å². The summed E-state index contributed by atoms with van der Waals surface area (Å²) >= 11 is 0. The summed E-state index contributed by atoms with van der Waals surface area (Å²) in [6.07, 6.45) is 4.27. The number of likely N-dealkylation sites (N-methyl/N-ethyl adjacent to an activating group) is 1. The fourth-order valence-corrected chi connectivity index (χ4v) is 2.54. The Morgan fingerprint density at radius 3 is 2.48 bits per heavy atom. The summed E-state index contributed by atoms with van der Waals surface area (Å²) in [6, 6.07) is 15.5. The van der Waals surface area contributed by atoms with E-state index in [1.165, 1.54) is 18.7 Å². The Morgan fingerprint density at radius 1 is 1.15 bits per heavy atom. The van der Waals surface area contributed by atoms with Crippen LogP contribution in [0.5, 0.6) is 11.5 Å². The number of benzene rings is 2. The van der Waals surface area contributed by atoms with Gasteiger partial charge in [-0.1, -0.05) is 37.3 Å². The van der Waals surface area contributed by atoms with Crippen LogP contribution in [-0.4, -0.2) is 31.6 Å². The lowest BCUT2D eigenvalue weighted by molar-refractivity contribution is -0.125. The number of carbonyl (C=O) groups excluding carboxylic acids is 1. The first-order chi connectivity index (χ1) is 13.1. The van der Waals surface area contributed by atoms with Gasteiger partial charge in [-0.2, -0.15) is 5.26 Å². The van der Waals surface area contributed by atoms with E-state index in [1.54, 1.807) is 30.2 Å². The number of ether oxygens (including phenoxy) is 2. The molecule has 0 saturated carbocycles. The number of nitriles is 1. The van der Waals surface area contributed by atoms with Crippen molar-refractivity contribution in [2.24, 2.45) is 0 Å². The Bertz CT molecular complexity index is 836. The van der Waals surface area contributed by atoms with Crippen LogP contribution in [0, 0.1) is 11.3 Å². The van der Waals surface area contributed by atoms with Crippen LogP contribution < -0.4 is 9.47 Å². The highest BCUT2D eigenvalue weighted by atomic mass is 16.5. The summed E-state index contributed by atoms with van der Waals surface area (Å²) in [5, 5.41) is 8.61. The van der Waals surface area contributed by atoms with E-state index in [-0.39, 0.29) is 12.5 Å². The summed E-state index contributed by atoms with van der Waals surface area (Å²) < 4.78 is 10.6. The highest BCUT2D eigenvalue weighted by Crippen LogP contribution is 2.28. The molecule has 2 rings (SSSR count).